The summed E-state index contributed by atoms with van der Waals surface area (Å²) in [7, 11) is 0. The number of rotatable bonds is 5. The number of nitrogens with one attached hydrogen (secondary N) is 1. The van der Waals surface area contributed by atoms with Gasteiger partial charge in [-0.2, -0.15) is 0 Å². The van der Waals surface area contributed by atoms with Gasteiger partial charge in [0.1, 0.15) is 0 Å². The standard InChI is InChI=1S/C17H20IN/c1-3-19-17(15-10-6-7-11-16(15)18)12-14-9-5-4-8-13(14)2/h4-11,17,19H,3,12H2,1-2H3. The van der Waals surface area contributed by atoms with Gasteiger partial charge in [0.15, 0.2) is 0 Å². The van der Waals surface area contributed by atoms with E-state index in [9.17, 15) is 0 Å². The highest BCUT2D eigenvalue weighted by atomic mass is 127. The van der Waals surface area contributed by atoms with Gasteiger partial charge in [0, 0.05) is 9.61 Å². The summed E-state index contributed by atoms with van der Waals surface area (Å²) >= 11 is 2.43. The van der Waals surface area contributed by atoms with E-state index >= 15 is 0 Å². The Hall–Kier alpha value is -0.870. The van der Waals surface area contributed by atoms with Crippen LogP contribution in [0, 0.1) is 10.5 Å². The van der Waals surface area contributed by atoms with Crippen molar-refractivity contribution in [2.24, 2.45) is 0 Å². The fraction of sp³-hybridized carbons (Fsp3) is 0.294. The summed E-state index contributed by atoms with van der Waals surface area (Å²) in [6.07, 6.45) is 1.04. The SMILES string of the molecule is CCNC(Cc1ccccc1C)c1ccccc1I. The van der Waals surface area contributed by atoms with Crippen molar-refractivity contribution in [3.63, 3.8) is 0 Å². The molecule has 2 aromatic carbocycles. The summed E-state index contributed by atoms with van der Waals surface area (Å²) in [6.45, 7) is 5.34. The van der Waals surface area contributed by atoms with E-state index in [-0.39, 0.29) is 0 Å². The van der Waals surface area contributed by atoms with E-state index in [4.69, 9.17) is 0 Å². The molecule has 1 nitrogen and oxygen atoms in total. The molecule has 0 aliphatic rings. The maximum atomic E-state index is 3.61. The monoisotopic (exact) mass is 365 g/mol. The van der Waals surface area contributed by atoms with Crippen LogP contribution in [0.2, 0.25) is 0 Å². The van der Waals surface area contributed by atoms with Gasteiger partial charge in [0.2, 0.25) is 0 Å². The van der Waals surface area contributed by atoms with Crippen LogP contribution in [0.1, 0.15) is 29.7 Å². The highest BCUT2D eigenvalue weighted by Crippen LogP contribution is 2.24. The van der Waals surface area contributed by atoms with Crippen LogP contribution in [-0.4, -0.2) is 6.54 Å². The van der Waals surface area contributed by atoms with Gasteiger partial charge in [-0.25, -0.2) is 0 Å². The Bertz CT molecular complexity index is 536. The second kappa shape index (κ2) is 7.06. The third-order valence-corrected chi connectivity index (χ3v) is 4.40. The molecule has 0 heterocycles. The van der Waals surface area contributed by atoms with Gasteiger partial charge in [0.25, 0.3) is 0 Å². The predicted molar refractivity (Wildman–Crippen MR) is 90.5 cm³/mol. The first kappa shape index (κ1) is 14.5. The van der Waals surface area contributed by atoms with E-state index in [2.05, 4.69) is 90.3 Å². The van der Waals surface area contributed by atoms with E-state index in [1.807, 2.05) is 0 Å². The van der Waals surface area contributed by atoms with Crippen LogP contribution in [0.15, 0.2) is 48.5 Å². The molecule has 1 atom stereocenters. The highest BCUT2D eigenvalue weighted by Gasteiger charge is 2.14. The molecule has 0 saturated carbocycles. The minimum absolute atomic E-state index is 0.388. The molecule has 0 fully saturated rings. The van der Waals surface area contributed by atoms with Gasteiger partial charge in [0.05, 0.1) is 0 Å². The average molecular weight is 365 g/mol. The lowest BCUT2D eigenvalue weighted by Gasteiger charge is -2.21. The fourth-order valence-electron chi connectivity index (χ4n) is 2.36. The molecule has 0 amide bonds. The van der Waals surface area contributed by atoms with Crippen molar-refractivity contribution in [1.82, 2.24) is 5.32 Å². The zero-order valence-corrected chi connectivity index (χ0v) is 13.6. The molecule has 0 aliphatic carbocycles. The van der Waals surface area contributed by atoms with Crippen molar-refractivity contribution in [2.75, 3.05) is 6.54 Å². The first-order valence-corrected chi connectivity index (χ1v) is 7.82. The van der Waals surface area contributed by atoms with E-state index in [0.717, 1.165) is 13.0 Å². The number of aryl methyl sites for hydroxylation is 1. The summed E-state index contributed by atoms with van der Waals surface area (Å²) < 4.78 is 1.33. The van der Waals surface area contributed by atoms with Gasteiger partial charge in [-0.3, -0.25) is 0 Å². The van der Waals surface area contributed by atoms with E-state index in [1.54, 1.807) is 0 Å². The van der Waals surface area contributed by atoms with Crippen LogP contribution in [0.5, 0.6) is 0 Å². The summed E-state index contributed by atoms with van der Waals surface area (Å²) in [5.41, 5.74) is 4.19. The number of benzene rings is 2. The molecular formula is C17H20IN. The van der Waals surface area contributed by atoms with Gasteiger partial charge < -0.3 is 5.32 Å². The van der Waals surface area contributed by atoms with Crippen molar-refractivity contribution in [1.29, 1.82) is 0 Å². The quantitative estimate of drug-likeness (QED) is 0.770. The Morgan fingerprint density at radius 2 is 1.74 bits per heavy atom. The lowest BCUT2D eigenvalue weighted by molar-refractivity contribution is 0.546. The lowest BCUT2D eigenvalue weighted by Crippen LogP contribution is -2.24. The Balaban J connectivity index is 2.27. The Labute approximate surface area is 129 Å². The molecule has 100 valence electrons. The summed E-state index contributed by atoms with van der Waals surface area (Å²) in [4.78, 5) is 0. The van der Waals surface area contributed by atoms with Gasteiger partial charge in [-0.1, -0.05) is 49.4 Å². The lowest BCUT2D eigenvalue weighted by atomic mass is 9.96. The molecule has 2 heteroatoms. The minimum Gasteiger partial charge on any atom is -0.310 e. The maximum absolute atomic E-state index is 3.61. The first-order valence-electron chi connectivity index (χ1n) is 6.74. The number of hydrogen-bond donors (Lipinski definition) is 1. The van der Waals surface area contributed by atoms with Crippen LogP contribution in [0.3, 0.4) is 0 Å². The van der Waals surface area contributed by atoms with Crippen LogP contribution in [0.4, 0.5) is 0 Å². The maximum Gasteiger partial charge on any atom is 0.0371 e. The van der Waals surface area contributed by atoms with Crippen molar-refractivity contribution in [2.45, 2.75) is 26.3 Å². The van der Waals surface area contributed by atoms with Crippen molar-refractivity contribution in [3.05, 3.63) is 68.8 Å². The van der Waals surface area contributed by atoms with E-state index in [0.29, 0.717) is 6.04 Å². The number of hydrogen-bond acceptors (Lipinski definition) is 1. The van der Waals surface area contributed by atoms with E-state index < -0.39 is 0 Å². The largest absolute Gasteiger partial charge is 0.310 e. The molecule has 2 rings (SSSR count). The third kappa shape index (κ3) is 3.80. The summed E-state index contributed by atoms with van der Waals surface area (Å²) in [5, 5.41) is 3.61. The van der Waals surface area contributed by atoms with Gasteiger partial charge in [-0.15, -0.1) is 0 Å². The molecule has 0 aliphatic heterocycles. The van der Waals surface area contributed by atoms with Crippen molar-refractivity contribution in [3.8, 4) is 0 Å². The molecule has 2 aromatic rings. The topological polar surface area (TPSA) is 12.0 Å². The Morgan fingerprint density at radius 3 is 2.42 bits per heavy atom. The van der Waals surface area contributed by atoms with Crippen molar-refractivity contribution >= 4 is 22.6 Å². The second-order valence-electron chi connectivity index (χ2n) is 4.76. The Kier molecular flexibility index (Phi) is 5.40. The molecule has 1 unspecified atom stereocenters. The zero-order chi connectivity index (χ0) is 13.7. The zero-order valence-electron chi connectivity index (χ0n) is 11.5. The molecule has 0 bridgehead atoms. The van der Waals surface area contributed by atoms with E-state index in [1.165, 1.54) is 20.3 Å². The fourth-order valence-corrected chi connectivity index (χ4v) is 3.12. The summed E-state index contributed by atoms with van der Waals surface area (Å²) in [5.74, 6) is 0. The van der Waals surface area contributed by atoms with Crippen LogP contribution in [0.25, 0.3) is 0 Å². The average Bonchev–Trinajstić information content (AvgIpc) is 2.41. The molecular weight excluding hydrogens is 345 g/mol. The smallest absolute Gasteiger partial charge is 0.0371 e. The molecule has 0 aromatic heterocycles. The third-order valence-electron chi connectivity index (χ3n) is 3.42. The molecule has 19 heavy (non-hydrogen) atoms. The summed E-state index contributed by atoms with van der Waals surface area (Å²) in [6, 6.07) is 17.7. The molecule has 1 N–H and O–H groups in total. The first-order chi connectivity index (χ1) is 9.22. The Morgan fingerprint density at radius 1 is 1.05 bits per heavy atom. The minimum atomic E-state index is 0.388. The molecule has 0 spiro atoms. The molecule has 0 radical (unpaired) electrons. The molecule has 0 saturated heterocycles. The second-order valence-corrected chi connectivity index (χ2v) is 5.92. The normalized spacial score (nSPS) is 12.4. The predicted octanol–water partition coefficient (Wildman–Crippen LogP) is 4.49. The highest BCUT2D eigenvalue weighted by molar-refractivity contribution is 14.1. The van der Waals surface area contributed by atoms with Crippen molar-refractivity contribution < 1.29 is 0 Å². The number of halogens is 1. The van der Waals surface area contributed by atoms with Gasteiger partial charge >= 0.3 is 0 Å². The van der Waals surface area contributed by atoms with Gasteiger partial charge in [-0.05, 0) is 65.2 Å². The number of likely N-dealkylation sites (N-methyl/N-ethyl adjacent to an activating group) is 1. The van der Waals surface area contributed by atoms with Crippen LogP contribution >= 0.6 is 22.6 Å². The van der Waals surface area contributed by atoms with Crippen LogP contribution < -0.4 is 5.32 Å². The van der Waals surface area contributed by atoms with Crippen LogP contribution in [-0.2, 0) is 6.42 Å².